The Labute approximate surface area is 160 Å². The highest BCUT2D eigenvalue weighted by Gasteiger charge is 2.13. The Morgan fingerprint density at radius 2 is 1.85 bits per heavy atom. The Hall–Kier alpha value is -2.94. The molecule has 0 saturated heterocycles. The monoisotopic (exact) mass is 385 g/mol. The van der Waals surface area contributed by atoms with Crippen molar-refractivity contribution in [3.63, 3.8) is 0 Å². The van der Waals surface area contributed by atoms with Gasteiger partial charge in [0.2, 0.25) is 5.16 Å². The number of hydrogen-bond acceptors (Lipinski definition) is 7. The molecule has 1 heterocycles. The van der Waals surface area contributed by atoms with E-state index in [0.29, 0.717) is 12.4 Å². The van der Waals surface area contributed by atoms with Crippen LogP contribution in [-0.2, 0) is 0 Å². The zero-order valence-electron chi connectivity index (χ0n) is 15.0. The number of ether oxygens (including phenoxy) is 1. The lowest BCUT2D eigenvalue weighted by Gasteiger charge is -2.10. The molecule has 0 spiro atoms. The number of nitrogens with zero attached hydrogens (tertiary/aromatic N) is 5. The minimum atomic E-state index is -0.430. The van der Waals surface area contributed by atoms with Crippen LogP contribution < -0.4 is 4.74 Å². The predicted octanol–water partition coefficient (Wildman–Crippen LogP) is 3.75. The molecule has 27 heavy (non-hydrogen) atoms. The molecule has 0 radical (unpaired) electrons. The van der Waals surface area contributed by atoms with Gasteiger partial charge in [0.05, 0.1) is 17.2 Å². The quantitative estimate of drug-likeness (QED) is 0.252. The Bertz CT molecular complexity index is 907. The number of non-ortho nitro benzene ring substituents is 1. The lowest BCUT2D eigenvalue weighted by molar-refractivity contribution is -0.384. The standard InChI is InChI=1S/C18H19N5O3S/c1-13-5-3-6-14(2)17(13)22-18(19-20-21-22)27-12-4-11-26-16-9-7-15(8-10-16)23(24)25/h3,5-10H,4,11-12H2,1-2H3. The molecule has 0 aliphatic carbocycles. The lowest BCUT2D eigenvalue weighted by Crippen LogP contribution is -2.05. The number of tetrazole rings is 1. The molecular formula is C18H19N5O3S. The molecule has 0 atom stereocenters. The van der Waals surface area contributed by atoms with Gasteiger partial charge in [-0.15, -0.1) is 5.10 Å². The van der Waals surface area contributed by atoms with Crippen LogP contribution in [0.1, 0.15) is 17.5 Å². The zero-order valence-corrected chi connectivity index (χ0v) is 15.8. The van der Waals surface area contributed by atoms with Crippen LogP contribution in [-0.4, -0.2) is 37.5 Å². The van der Waals surface area contributed by atoms with E-state index in [1.807, 2.05) is 32.0 Å². The highest BCUT2D eigenvalue weighted by atomic mass is 32.2. The van der Waals surface area contributed by atoms with Crippen LogP contribution in [0.5, 0.6) is 5.75 Å². The smallest absolute Gasteiger partial charge is 0.269 e. The molecule has 0 bridgehead atoms. The van der Waals surface area contributed by atoms with Crippen molar-refractivity contribution in [3.05, 3.63) is 63.7 Å². The van der Waals surface area contributed by atoms with Crippen molar-refractivity contribution in [2.24, 2.45) is 0 Å². The van der Waals surface area contributed by atoms with Gasteiger partial charge in [-0.3, -0.25) is 10.1 Å². The molecule has 0 saturated carbocycles. The van der Waals surface area contributed by atoms with Crippen LogP contribution in [0.2, 0.25) is 0 Å². The molecule has 140 valence electrons. The van der Waals surface area contributed by atoms with Crippen LogP contribution >= 0.6 is 11.8 Å². The van der Waals surface area contributed by atoms with E-state index in [0.717, 1.165) is 34.1 Å². The third-order valence-electron chi connectivity index (χ3n) is 3.93. The summed E-state index contributed by atoms with van der Waals surface area (Å²) in [6, 6.07) is 12.2. The summed E-state index contributed by atoms with van der Waals surface area (Å²) in [5, 5.41) is 23.4. The number of para-hydroxylation sites is 1. The van der Waals surface area contributed by atoms with Gasteiger partial charge in [0.15, 0.2) is 0 Å². The number of aromatic nitrogens is 4. The van der Waals surface area contributed by atoms with E-state index in [2.05, 4.69) is 15.5 Å². The second-order valence-electron chi connectivity index (χ2n) is 5.92. The van der Waals surface area contributed by atoms with E-state index in [1.165, 1.54) is 12.1 Å². The molecule has 0 aliphatic heterocycles. The van der Waals surface area contributed by atoms with Crippen LogP contribution in [0.25, 0.3) is 5.69 Å². The maximum absolute atomic E-state index is 10.6. The SMILES string of the molecule is Cc1cccc(C)c1-n1nnnc1SCCCOc1ccc([N+](=O)[O-])cc1. The molecular weight excluding hydrogens is 366 g/mol. The summed E-state index contributed by atoms with van der Waals surface area (Å²) in [6.07, 6.45) is 0.793. The fourth-order valence-electron chi connectivity index (χ4n) is 2.63. The predicted molar refractivity (Wildman–Crippen MR) is 103 cm³/mol. The first-order valence-corrected chi connectivity index (χ1v) is 9.40. The first-order valence-electron chi connectivity index (χ1n) is 8.41. The van der Waals surface area contributed by atoms with Crippen molar-refractivity contribution in [1.29, 1.82) is 0 Å². The first kappa shape index (κ1) is 18.8. The van der Waals surface area contributed by atoms with E-state index in [-0.39, 0.29) is 5.69 Å². The van der Waals surface area contributed by atoms with Crippen LogP contribution in [0.15, 0.2) is 47.6 Å². The van der Waals surface area contributed by atoms with E-state index in [9.17, 15) is 10.1 Å². The van der Waals surface area contributed by atoms with Gasteiger partial charge in [-0.05, 0) is 54.0 Å². The largest absolute Gasteiger partial charge is 0.494 e. The van der Waals surface area contributed by atoms with Gasteiger partial charge in [0.1, 0.15) is 5.75 Å². The van der Waals surface area contributed by atoms with E-state index in [4.69, 9.17) is 4.74 Å². The van der Waals surface area contributed by atoms with Gasteiger partial charge in [0, 0.05) is 17.9 Å². The molecule has 1 aromatic heterocycles. The van der Waals surface area contributed by atoms with Gasteiger partial charge >= 0.3 is 0 Å². The van der Waals surface area contributed by atoms with Gasteiger partial charge in [-0.1, -0.05) is 30.0 Å². The average Bonchev–Trinajstić information content (AvgIpc) is 3.10. The van der Waals surface area contributed by atoms with Gasteiger partial charge in [-0.2, -0.15) is 4.68 Å². The third kappa shape index (κ3) is 4.62. The summed E-state index contributed by atoms with van der Waals surface area (Å²) in [7, 11) is 0. The molecule has 0 unspecified atom stereocenters. The number of nitro benzene ring substituents is 1. The lowest BCUT2D eigenvalue weighted by atomic mass is 10.1. The molecule has 0 fully saturated rings. The summed E-state index contributed by atoms with van der Waals surface area (Å²) in [6.45, 7) is 4.59. The second kappa shape index (κ2) is 8.63. The van der Waals surface area contributed by atoms with Crippen molar-refractivity contribution in [2.75, 3.05) is 12.4 Å². The third-order valence-corrected chi connectivity index (χ3v) is 4.93. The fraction of sp³-hybridized carbons (Fsp3) is 0.278. The normalized spacial score (nSPS) is 10.7. The first-order chi connectivity index (χ1) is 13.1. The number of hydrogen-bond donors (Lipinski definition) is 0. The number of benzene rings is 2. The minimum absolute atomic E-state index is 0.0521. The maximum Gasteiger partial charge on any atom is 0.269 e. The van der Waals surface area contributed by atoms with E-state index >= 15 is 0 Å². The molecule has 0 amide bonds. The Kier molecular flexibility index (Phi) is 6.02. The molecule has 9 heteroatoms. The molecule has 8 nitrogen and oxygen atoms in total. The van der Waals surface area contributed by atoms with E-state index < -0.39 is 4.92 Å². The zero-order chi connectivity index (χ0) is 19.2. The molecule has 3 aromatic rings. The summed E-state index contributed by atoms with van der Waals surface area (Å²) in [5.74, 6) is 1.41. The summed E-state index contributed by atoms with van der Waals surface area (Å²) < 4.78 is 7.39. The van der Waals surface area contributed by atoms with Crippen molar-refractivity contribution < 1.29 is 9.66 Å². The highest BCUT2D eigenvalue weighted by molar-refractivity contribution is 7.99. The number of rotatable bonds is 8. The van der Waals surface area contributed by atoms with Gasteiger partial charge in [0.25, 0.3) is 5.69 Å². The second-order valence-corrected chi connectivity index (χ2v) is 6.98. The summed E-state index contributed by atoms with van der Waals surface area (Å²) >= 11 is 1.56. The molecule has 3 rings (SSSR count). The Morgan fingerprint density at radius 1 is 1.15 bits per heavy atom. The Morgan fingerprint density at radius 3 is 2.52 bits per heavy atom. The Balaban J connectivity index is 1.52. The van der Waals surface area contributed by atoms with E-state index in [1.54, 1.807) is 28.6 Å². The van der Waals surface area contributed by atoms with Crippen molar-refractivity contribution >= 4 is 17.4 Å². The molecule has 2 aromatic carbocycles. The van der Waals surface area contributed by atoms with Crippen molar-refractivity contribution in [2.45, 2.75) is 25.4 Å². The number of aryl methyl sites for hydroxylation is 2. The van der Waals surface area contributed by atoms with Crippen LogP contribution in [0.3, 0.4) is 0 Å². The highest BCUT2D eigenvalue weighted by Crippen LogP contribution is 2.24. The summed E-state index contributed by atoms with van der Waals surface area (Å²) in [5.41, 5.74) is 3.29. The van der Waals surface area contributed by atoms with Crippen LogP contribution in [0, 0.1) is 24.0 Å². The van der Waals surface area contributed by atoms with Crippen molar-refractivity contribution in [1.82, 2.24) is 20.2 Å². The number of thioether (sulfide) groups is 1. The number of nitro groups is 1. The molecule has 0 N–H and O–H groups in total. The van der Waals surface area contributed by atoms with Gasteiger partial charge < -0.3 is 4.74 Å². The van der Waals surface area contributed by atoms with Gasteiger partial charge in [-0.25, -0.2) is 0 Å². The molecule has 0 aliphatic rings. The maximum atomic E-state index is 10.6. The van der Waals surface area contributed by atoms with Crippen molar-refractivity contribution in [3.8, 4) is 11.4 Å². The summed E-state index contributed by atoms with van der Waals surface area (Å²) in [4.78, 5) is 10.2. The minimum Gasteiger partial charge on any atom is -0.494 e. The topological polar surface area (TPSA) is 96.0 Å². The fourth-order valence-corrected chi connectivity index (χ4v) is 3.41. The van der Waals surface area contributed by atoms with Crippen LogP contribution in [0.4, 0.5) is 5.69 Å². The average molecular weight is 385 g/mol.